The number of anilines is 1. The first-order valence-electron chi connectivity index (χ1n) is 5.75. The molecule has 1 N–H and O–H groups in total. The second-order valence-corrected chi connectivity index (χ2v) is 4.22. The van der Waals surface area contributed by atoms with Gasteiger partial charge in [-0.2, -0.15) is 0 Å². The van der Waals surface area contributed by atoms with Crippen molar-refractivity contribution >= 4 is 5.69 Å². The van der Waals surface area contributed by atoms with Gasteiger partial charge in [-0.1, -0.05) is 12.1 Å². The third-order valence-electron chi connectivity index (χ3n) is 2.63. The number of para-hydroxylation sites is 1. The van der Waals surface area contributed by atoms with Gasteiger partial charge in [0, 0.05) is 13.6 Å². The number of aliphatic hydroxyl groups is 1. The van der Waals surface area contributed by atoms with Crippen LogP contribution in [0.25, 0.3) is 0 Å². The molecule has 0 saturated heterocycles. The lowest BCUT2D eigenvalue weighted by Gasteiger charge is -2.19. The molecule has 0 heterocycles. The predicted octanol–water partition coefficient (Wildman–Crippen LogP) is 2.81. The quantitative estimate of drug-likeness (QED) is 0.752. The molecule has 16 heavy (non-hydrogen) atoms. The van der Waals surface area contributed by atoms with Crippen LogP contribution in [0.3, 0.4) is 0 Å². The fraction of sp³-hybridized carbons (Fsp3) is 0.538. The third-order valence-corrected chi connectivity index (χ3v) is 2.63. The zero-order chi connectivity index (χ0) is 12.0. The molecule has 0 aliphatic carbocycles. The SMILES string of the molecule is CC(O)CCCCN(C)c1ccccc1F. The Morgan fingerprint density at radius 2 is 2.00 bits per heavy atom. The Hall–Kier alpha value is -1.09. The van der Waals surface area contributed by atoms with Gasteiger partial charge in [-0.25, -0.2) is 4.39 Å². The van der Waals surface area contributed by atoms with Crippen LogP contribution in [0.15, 0.2) is 24.3 Å². The van der Waals surface area contributed by atoms with Crippen molar-refractivity contribution in [3.05, 3.63) is 30.1 Å². The largest absolute Gasteiger partial charge is 0.393 e. The zero-order valence-corrected chi connectivity index (χ0v) is 9.99. The highest BCUT2D eigenvalue weighted by atomic mass is 19.1. The molecule has 0 aliphatic rings. The summed E-state index contributed by atoms with van der Waals surface area (Å²) in [5.74, 6) is -0.180. The molecule has 0 saturated carbocycles. The fourth-order valence-electron chi connectivity index (χ4n) is 1.67. The number of hydrogen-bond acceptors (Lipinski definition) is 2. The van der Waals surface area contributed by atoms with Crippen LogP contribution in [-0.2, 0) is 0 Å². The van der Waals surface area contributed by atoms with E-state index in [1.54, 1.807) is 19.1 Å². The van der Waals surface area contributed by atoms with Gasteiger partial charge in [-0.15, -0.1) is 0 Å². The van der Waals surface area contributed by atoms with Crippen LogP contribution in [0.2, 0.25) is 0 Å². The summed E-state index contributed by atoms with van der Waals surface area (Å²) < 4.78 is 13.4. The predicted molar refractivity (Wildman–Crippen MR) is 65.2 cm³/mol. The van der Waals surface area contributed by atoms with E-state index in [4.69, 9.17) is 5.11 Å². The first kappa shape index (κ1) is 13.0. The highest BCUT2D eigenvalue weighted by Crippen LogP contribution is 2.17. The zero-order valence-electron chi connectivity index (χ0n) is 9.99. The molecule has 0 fully saturated rings. The van der Waals surface area contributed by atoms with E-state index < -0.39 is 0 Å². The van der Waals surface area contributed by atoms with Gasteiger partial charge in [-0.3, -0.25) is 0 Å². The molecule has 1 atom stereocenters. The summed E-state index contributed by atoms with van der Waals surface area (Å²) in [7, 11) is 1.89. The van der Waals surface area contributed by atoms with Crippen molar-refractivity contribution in [1.82, 2.24) is 0 Å². The second kappa shape index (κ2) is 6.48. The van der Waals surface area contributed by atoms with Gasteiger partial charge in [0.1, 0.15) is 5.82 Å². The van der Waals surface area contributed by atoms with E-state index >= 15 is 0 Å². The Kier molecular flexibility index (Phi) is 5.26. The summed E-state index contributed by atoms with van der Waals surface area (Å²) in [5, 5.41) is 9.11. The van der Waals surface area contributed by atoms with Crippen LogP contribution in [-0.4, -0.2) is 24.8 Å². The van der Waals surface area contributed by atoms with Crippen LogP contribution in [0.4, 0.5) is 10.1 Å². The molecule has 0 radical (unpaired) electrons. The molecule has 0 bridgehead atoms. The molecule has 1 unspecified atom stereocenters. The van der Waals surface area contributed by atoms with Crippen LogP contribution in [0.5, 0.6) is 0 Å². The molecule has 1 rings (SSSR count). The Bertz CT molecular complexity index is 315. The minimum absolute atomic E-state index is 0.180. The second-order valence-electron chi connectivity index (χ2n) is 4.22. The minimum Gasteiger partial charge on any atom is -0.393 e. The fourth-order valence-corrected chi connectivity index (χ4v) is 1.67. The van der Waals surface area contributed by atoms with E-state index in [2.05, 4.69) is 0 Å². The molecule has 0 amide bonds. The summed E-state index contributed by atoms with van der Waals surface area (Å²) in [6.45, 7) is 2.61. The first-order chi connectivity index (χ1) is 7.61. The van der Waals surface area contributed by atoms with E-state index in [1.807, 2.05) is 18.0 Å². The molecule has 0 spiro atoms. The van der Waals surface area contributed by atoms with E-state index in [9.17, 15) is 4.39 Å². The molecule has 0 aliphatic heterocycles. The van der Waals surface area contributed by atoms with Gasteiger partial charge in [-0.05, 0) is 38.3 Å². The monoisotopic (exact) mass is 225 g/mol. The Balaban J connectivity index is 2.35. The van der Waals surface area contributed by atoms with E-state index in [0.717, 1.165) is 25.8 Å². The van der Waals surface area contributed by atoms with E-state index in [-0.39, 0.29) is 11.9 Å². The highest BCUT2D eigenvalue weighted by Gasteiger charge is 2.05. The van der Waals surface area contributed by atoms with Crippen LogP contribution in [0.1, 0.15) is 26.2 Å². The normalized spacial score (nSPS) is 12.5. The summed E-state index contributed by atoms with van der Waals surface area (Å²) >= 11 is 0. The maximum atomic E-state index is 13.4. The number of halogens is 1. The van der Waals surface area contributed by atoms with E-state index in [0.29, 0.717) is 5.69 Å². The lowest BCUT2D eigenvalue weighted by atomic mass is 10.1. The molecule has 3 heteroatoms. The van der Waals surface area contributed by atoms with Crippen molar-refractivity contribution < 1.29 is 9.50 Å². The average Bonchev–Trinajstić information content (AvgIpc) is 2.24. The van der Waals surface area contributed by atoms with Gasteiger partial charge in [0.15, 0.2) is 0 Å². The summed E-state index contributed by atoms with van der Waals surface area (Å²) in [4.78, 5) is 1.91. The molecule has 1 aromatic carbocycles. The summed E-state index contributed by atoms with van der Waals surface area (Å²) in [6, 6.07) is 6.79. The number of unbranched alkanes of at least 4 members (excludes halogenated alkanes) is 1. The van der Waals surface area contributed by atoms with Crippen molar-refractivity contribution in [3.63, 3.8) is 0 Å². The van der Waals surface area contributed by atoms with Crippen LogP contribution >= 0.6 is 0 Å². The lowest BCUT2D eigenvalue weighted by Crippen LogP contribution is -2.19. The Labute approximate surface area is 96.7 Å². The third kappa shape index (κ3) is 4.19. The maximum Gasteiger partial charge on any atom is 0.146 e. The smallest absolute Gasteiger partial charge is 0.146 e. The number of rotatable bonds is 6. The molecular weight excluding hydrogens is 205 g/mol. The Morgan fingerprint density at radius 3 is 2.62 bits per heavy atom. The topological polar surface area (TPSA) is 23.5 Å². The van der Waals surface area contributed by atoms with E-state index in [1.165, 1.54) is 6.07 Å². The molecule has 2 nitrogen and oxygen atoms in total. The van der Waals surface area contributed by atoms with Gasteiger partial charge in [0.2, 0.25) is 0 Å². The Morgan fingerprint density at radius 1 is 1.31 bits per heavy atom. The van der Waals surface area contributed by atoms with Crippen molar-refractivity contribution in [2.75, 3.05) is 18.5 Å². The van der Waals surface area contributed by atoms with Gasteiger partial charge >= 0.3 is 0 Å². The first-order valence-corrected chi connectivity index (χ1v) is 5.75. The van der Waals surface area contributed by atoms with Crippen LogP contribution < -0.4 is 4.90 Å². The number of nitrogens with zero attached hydrogens (tertiary/aromatic N) is 1. The molecule has 0 aromatic heterocycles. The number of benzene rings is 1. The van der Waals surface area contributed by atoms with Crippen molar-refractivity contribution in [3.8, 4) is 0 Å². The van der Waals surface area contributed by atoms with Crippen molar-refractivity contribution in [1.29, 1.82) is 0 Å². The minimum atomic E-state index is -0.237. The number of aliphatic hydroxyl groups excluding tert-OH is 1. The highest BCUT2D eigenvalue weighted by molar-refractivity contribution is 5.46. The van der Waals surface area contributed by atoms with Crippen LogP contribution in [0, 0.1) is 5.82 Å². The van der Waals surface area contributed by atoms with Gasteiger partial charge in [0.05, 0.1) is 11.8 Å². The summed E-state index contributed by atoms with van der Waals surface area (Å²) in [6.07, 6.45) is 2.51. The van der Waals surface area contributed by atoms with Crippen molar-refractivity contribution in [2.45, 2.75) is 32.3 Å². The van der Waals surface area contributed by atoms with Gasteiger partial charge < -0.3 is 10.0 Å². The lowest BCUT2D eigenvalue weighted by molar-refractivity contribution is 0.181. The maximum absolute atomic E-state index is 13.4. The molecular formula is C13H20FNO. The number of hydrogen-bond donors (Lipinski definition) is 1. The average molecular weight is 225 g/mol. The summed E-state index contributed by atoms with van der Waals surface area (Å²) in [5.41, 5.74) is 0.638. The van der Waals surface area contributed by atoms with Crippen molar-refractivity contribution in [2.24, 2.45) is 0 Å². The standard InChI is InChI=1S/C13H20FNO/c1-11(16)7-5-6-10-15(2)13-9-4-3-8-12(13)14/h3-4,8-9,11,16H,5-7,10H2,1-2H3. The van der Waals surface area contributed by atoms with Gasteiger partial charge in [0.25, 0.3) is 0 Å². The molecule has 1 aromatic rings. The molecule has 90 valence electrons.